The minimum atomic E-state index is 1.17. The molecule has 1 aliphatic carbocycles. The van der Waals surface area contributed by atoms with Crippen molar-refractivity contribution in [3.05, 3.63) is 69.5 Å². The smallest absolute Gasteiger partial charge is 0.262 e. The summed E-state index contributed by atoms with van der Waals surface area (Å²) in [6.07, 6.45) is 8.07. The summed E-state index contributed by atoms with van der Waals surface area (Å²) in [6, 6.07) is 17.6. The van der Waals surface area contributed by atoms with Crippen LogP contribution in [0.1, 0.15) is 27.4 Å². The van der Waals surface area contributed by atoms with Gasteiger partial charge in [-0.25, -0.2) is 0 Å². The highest BCUT2D eigenvalue weighted by Crippen LogP contribution is 2.34. The summed E-state index contributed by atoms with van der Waals surface area (Å²) < 4.78 is 2.37. The number of hydrogen-bond acceptors (Lipinski definition) is 2. The molecule has 0 aliphatic heterocycles. The molecular weight excluding hydrogens is 336 g/mol. The largest absolute Gasteiger partial charge is 0.378 e. The lowest BCUT2D eigenvalue weighted by Crippen LogP contribution is -2.31. The number of thiazole rings is 1. The first kappa shape index (κ1) is 17.0. The Hall–Kier alpha value is -2.39. The highest BCUT2D eigenvalue weighted by atomic mass is 32.1. The molecule has 0 atom stereocenters. The van der Waals surface area contributed by atoms with Crippen molar-refractivity contribution in [3.8, 4) is 11.3 Å². The molecule has 0 saturated heterocycles. The van der Waals surface area contributed by atoms with Crippen molar-refractivity contribution >= 4 is 29.2 Å². The average Bonchev–Trinajstić information content (AvgIpc) is 2.84. The number of aryl methyl sites for hydroxylation is 2. The minimum Gasteiger partial charge on any atom is -0.378 e. The maximum atomic E-state index is 2.37. The third-order valence-corrected chi connectivity index (χ3v) is 6.37. The van der Waals surface area contributed by atoms with Crippen molar-refractivity contribution in [3.63, 3.8) is 0 Å². The first-order valence-electron chi connectivity index (χ1n) is 9.19. The van der Waals surface area contributed by atoms with Crippen LogP contribution in [0.3, 0.4) is 0 Å². The highest BCUT2D eigenvalue weighted by Gasteiger charge is 2.27. The predicted octanol–water partition coefficient (Wildman–Crippen LogP) is 4.96. The van der Waals surface area contributed by atoms with Crippen molar-refractivity contribution < 1.29 is 4.57 Å². The fourth-order valence-electron chi connectivity index (χ4n) is 3.65. The number of rotatable bonds is 3. The first-order chi connectivity index (χ1) is 12.6. The summed E-state index contributed by atoms with van der Waals surface area (Å²) in [6.45, 7) is 0. The number of anilines is 1. The van der Waals surface area contributed by atoms with Crippen LogP contribution >= 0.6 is 11.3 Å². The Morgan fingerprint density at radius 1 is 0.962 bits per heavy atom. The molecule has 132 valence electrons. The fraction of sp³-hybridized carbons (Fsp3) is 0.261. The second kappa shape index (κ2) is 7.08. The minimum absolute atomic E-state index is 1.17. The van der Waals surface area contributed by atoms with Crippen molar-refractivity contribution in [1.82, 2.24) is 0 Å². The fourth-order valence-corrected chi connectivity index (χ4v) is 4.85. The van der Waals surface area contributed by atoms with E-state index in [1.54, 1.807) is 0 Å². The van der Waals surface area contributed by atoms with Crippen LogP contribution in [-0.2, 0) is 19.9 Å². The molecule has 0 unspecified atom stereocenters. The van der Waals surface area contributed by atoms with Gasteiger partial charge in [-0.1, -0.05) is 41.7 Å². The molecule has 0 spiro atoms. The van der Waals surface area contributed by atoms with Gasteiger partial charge in [0.25, 0.3) is 5.01 Å². The van der Waals surface area contributed by atoms with E-state index in [4.69, 9.17) is 0 Å². The van der Waals surface area contributed by atoms with Gasteiger partial charge in [-0.15, -0.1) is 0 Å². The van der Waals surface area contributed by atoms with Gasteiger partial charge >= 0.3 is 0 Å². The number of aromatic nitrogens is 1. The Kier molecular flexibility index (Phi) is 4.64. The molecule has 3 aromatic rings. The lowest BCUT2D eigenvalue weighted by molar-refractivity contribution is -0.657. The molecule has 4 rings (SSSR count). The van der Waals surface area contributed by atoms with E-state index in [1.165, 1.54) is 57.2 Å². The molecule has 1 heterocycles. The third kappa shape index (κ3) is 3.19. The van der Waals surface area contributed by atoms with E-state index in [-0.39, 0.29) is 0 Å². The van der Waals surface area contributed by atoms with Gasteiger partial charge in [0.1, 0.15) is 7.05 Å². The summed E-state index contributed by atoms with van der Waals surface area (Å²) in [7, 11) is 6.34. The van der Waals surface area contributed by atoms with E-state index in [2.05, 4.69) is 91.3 Å². The van der Waals surface area contributed by atoms with E-state index in [1.807, 2.05) is 11.3 Å². The van der Waals surface area contributed by atoms with E-state index in [0.29, 0.717) is 0 Å². The lowest BCUT2D eigenvalue weighted by Gasteiger charge is -2.11. The van der Waals surface area contributed by atoms with E-state index in [0.717, 1.165) is 0 Å². The standard InChI is InChI=1S/C23H25N2S/c1-24(2)19-14-11-17(12-15-19)13-16-22-25(3)23-20-9-5-4-7-18(20)8-6-10-21(23)26-22/h4-5,7,9,11-16H,6,8,10H2,1-3H3/q+1. The van der Waals surface area contributed by atoms with Gasteiger partial charge in [-0.3, -0.25) is 0 Å². The molecule has 0 saturated carbocycles. The van der Waals surface area contributed by atoms with E-state index < -0.39 is 0 Å². The van der Waals surface area contributed by atoms with Crippen LogP contribution in [0.15, 0.2) is 48.5 Å². The third-order valence-electron chi connectivity index (χ3n) is 5.11. The number of benzene rings is 2. The molecule has 0 radical (unpaired) electrons. The van der Waals surface area contributed by atoms with E-state index >= 15 is 0 Å². The summed E-state index contributed by atoms with van der Waals surface area (Å²) in [4.78, 5) is 3.64. The predicted molar refractivity (Wildman–Crippen MR) is 113 cm³/mol. The summed E-state index contributed by atoms with van der Waals surface area (Å²) in [5, 5.41) is 1.31. The zero-order valence-corrected chi connectivity index (χ0v) is 16.5. The van der Waals surface area contributed by atoms with Gasteiger partial charge in [-0.2, -0.15) is 4.57 Å². The zero-order valence-electron chi connectivity index (χ0n) is 15.7. The Morgan fingerprint density at radius 2 is 1.73 bits per heavy atom. The van der Waals surface area contributed by atoms with Crippen molar-refractivity contribution in [2.24, 2.45) is 7.05 Å². The molecular formula is C23H25N2S+. The van der Waals surface area contributed by atoms with Crippen LogP contribution < -0.4 is 9.47 Å². The van der Waals surface area contributed by atoms with Crippen molar-refractivity contribution in [2.75, 3.05) is 19.0 Å². The van der Waals surface area contributed by atoms with Gasteiger partial charge in [-0.05, 0) is 54.7 Å². The Balaban J connectivity index is 1.68. The van der Waals surface area contributed by atoms with Crippen molar-refractivity contribution in [2.45, 2.75) is 19.3 Å². The topological polar surface area (TPSA) is 7.12 Å². The lowest BCUT2D eigenvalue weighted by atomic mass is 10.0. The van der Waals surface area contributed by atoms with Gasteiger partial charge in [0, 0.05) is 25.9 Å². The summed E-state index contributed by atoms with van der Waals surface area (Å²) >= 11 is 1.93. The molecule has 0 N–H and O–H groups in total. The van der Waals surface area contributed by atoms with E-state index in [9.17, 15) is 0 Å². The summed E-state index contributed by atoms with van der Waals surface area (Å²) in [5.41, 5.74) is 6.76. The van der Waals surface area contributed by atoms with Crippen molar-refractivity contribution in [1.29, 1.82) is 0 Å². The maximum Gasteiger partial charge on any atom is 0.262 e. The van der Waals surface area contributed by atoms with Gasteiger partial charge in [0.05, 0.1) is 10.4 Å². The molecule has 0 fully saturated rings. The van der Waals surface area contributed by atoms with Crippen LogP contribution in [0, 0.1) is 0 Å². The monoisotopic (exact) mass is 361 g/mol. The SMILES string of the molecule is CN(C)c1ccc(/C=C/c2sc3c([n+]2C)-c2ccccc2CCC3)cc1. The number of fused-ring (bicyclic) bond motifs is 3. The molecule has 0 bridgehead atoms. The molecule has 1 aromatic heterocycles. The average molecular weight is 362 g/mol. The molecule has 3 heteroatoms. The van der Waals surface area contributed by atoms with Gasteiger partial charge in [0.2, 0.25) is 5.69 Å². The Morgan fingerprint density at radius 3 is 2.50 bits per heavy atom. The van der Waals surface area contributed by atoms with Crippen LogP contribution in [0.25, 0.3) is 23.4 Å². The Bertz CT molecular complexity index is 949. The quantitative estimate of drug-likeness (QED) is 0.598. The van der Waals surface area contributed by atoms with Crippen LogP contribution in [-0.4, -0.2) is 14.1 Å². The van der Waals surface area contributed by atoms with Gasteiger partial charge in [0.15, 0.2) is 0 Å². The second-order valence-electron chi connectivity index (χ2n) is 7.10. The van der Waals surface area contributed by atoms with Crippen LogP contribution in [0.5, 0.6) is 0 Å². The normalized spacial score (nSPS) is 13.3. The molecule has 2 nitrogen and oxygen atoms in total. The second-order valence-corrected chi connectivity index (χ2v) is 8.22. The number of nitrogens with zero attached hydrogens (tertiary/aromatic N) is 2. The van der Waals surface area contributed by atoms with Gasteiger partial charge < -0.3 is 4.90 Å². The first-order valence-corrected chi connectivity index (χ1v) is 10.0. The number of hydrogen-bond donors (Lipinski definition) is 0. The maximum absolute atomic E-state index is 2.37. The molecule has 1 aliphatic rings. The Labute approximate surface area is 160 Å². The summed E-state index contributed by atoms with van der Waals surface area (Å²) in [5.74, 6) is 0. The van der Waals surface area contributed by atoms with Crippen LogP contribution in [0.4, 0.5) is 5.69 Å². The highest BCUT2D eigenvalue weighted by molar-refractivity contribution is 7.12. The molecule has 26 heavy (non-hydrogen) atoms. The molecule has 0 amide bonds. The zero-order chi connectivity index (χ0) is 18.1. The van der Waals surface area contributed by atoms with Crippen LogP contribution in [0.2, 0.25) is 0 Å². The molecule has 2 aromatic carbocycles.